The van der Waals surface area contributed by atoms with E-state index in [1.807, 2.05) is 84.9 Å². The monoisotopic (exact) mass is 453 g/mol. The summed E-state index contributed by atoms with van der Waals surface area (Å²) < 4.78 is 11.5. The molecule has 1 amide bonds. The third-order valence-corrected chi connectivity index (χ3v) is 5.53. The molecule has 34 heavy (non-hydrogen) atoms. The van der Waals surface area contributed by atoms with Gasteiger partial charge in [0.05, 0.1) is 6.26 Å². The van der Waals surface area contributed by atoms with E-state index < -0.39 is 0 Å². The van der Waals surface area contributed by atoms with Crippen molar-refractivity contribution in [1.82, 2.24) is 4.90 Å². The largest absolute Gasteiger partial charge is 0.489 e. The fraction of sp³-hybridized carbons (Fsp3) is 0.172. The lowest BCUT2D eigenvalue weighted by atomic mass is 10.1. The van der Waals surface area contributed by atoms with Gasteiger partial charge in [-0.2, -0.15) is 0 Å². The van der Waals surface area contributed by atoms with E-state index in [-0.39, 0.29) is 11.7 Å². The lowest BCUT2D eigenvalue weighted by Gasteiger charge is -2.20. The first kappa shape index (κ1) is 23.1. The number of para-hydroxylation sites is 1. The van der Waals surface area contributed by atoms with Crippen molar-refractivity contribution in [2.24, 2.45) is 0 Å². The molecule has 0 saturated carbocycles. The third-order valence-electron chi connectivity index (χ3n) is 5.53. The zero-order valence-corrected chi connectivity index (χ0v) is 19.4. The Morgan fingerprint density at radius 2 is 1.56 bits per heavy atom. The molecule has 0 aliphatic rings. The Labute approximate surface area is 199 Å². The molecule has 0 aliphatic carbocycles. The quantitative estimate of drug-likeness (QED) is 0.315. The van der Waals surface area contributed by atoms with E-state index in [2.05, 4.69) is 0 Å². The van der Waals surface area contributed by atoms with Gasteiger partial charge in [0.25, 0.3) is 5.91 Å². The molecule has 4 rings (SSSR count). The van der Waals surface area contributed by atoms with E-state index in [1.54, 1.807) is 25.1 Å². The molecule has 0 fully saturated rings. The van der Waals surface area contributed by atoms with Crippen molar-refractivity contribution in [1.29, 1.82) is 0 Å². The molecule has 5 heteroatoms. The minimum absolute atomic E-state index is 0.0677. The lowest BCUT2D eigenvalue weighted by Crippen LogP contribution is -2.26. The lowest BCUT2D eigenvalue weighted by molar-refractivity contribution is -0.116. The van der Waals surface area contributed by atoms with Crippen LogP contribution in [0.25, 0.3) is 11.3 Å². The number of furan rings is 1. The number of nitrogens with zero attached hydrogens (tertiary/aromatic N) is 1. The maximum Gasteiger partial charge on any atom is 0.253 e. The number of ketones is 1. The second-order valence-corrected chi connectivity index (χ2v) is 8.31. The van der Waals surface area contributed by atoms with E-state index >= 15 is 0 Å². The Morgan fingerprint density at radius 1 is 0.853 bits per heavy atom. The van der Waals surface area contributed by atoms with Crippen LogP contribution in [0.3, 0.4) is 0 Å². The summed E-state index contributed by atoms with van der Waals surface area (Å²) >= 11 is 0. The maximum absolute atomic E-state index is 13.0. The molecular weight excluding hydrogens is 426 g/mol. The smallest absolute Gasteiger partial charge is 0.253 e. The standard InChI is InChI=1S/C29H27NO4/c1-21(31)18-22-9-11-23(12-10-22)20-34-28-7-4-3-6-26(28)19-30(2)29(32)25-15-13-24(14-16-25)27-8-5-17-33-27/h3-17H,18-20H2,1-2H3. The van der Waals surface area contributed by atoms with Crippen molar-refractivity contribution >= 4 is 11.7 Å². The van der Waals surface area contributed by atoms with Gasteiger partial charge in [-0.05, 0) is 48.4 Å². The highest BCUT2D eigenvalue weighted by Crippen LogP contribution is 2.23. The predicted octanol–water partition coefficient (Wildman–Crippen LogP) is 5.93. The van der Waals surface area contributed by atoms with Crippen LogP contribution in [0.1, 0.15) is 34.0 Å². The topological polar surface area (TPSA) is 59.8 Å². The van der Waals surface area contributed by atoms with Crippen LogP contribution < -0.4 is 4.74 Å². The minimum atomic E-state index is -0.0677. The van der Waals surface area contributed by atoms with Crippen LogP contribution in [0.15, 0.2) is 95.6 Å². The molecule has 0 spiro atoms. The van der Waals surface area contributed by atoms with Gasteiger partial charge in [-0.3, -0.25) is 9.59 Å². The molecule has 172 valence electrons. The van der Waals surface area contributed by atoms with E-state index in [0.717, 1.165) is 33.8 Å². The number of benzene rings is 3. The van der Waals surface area contributed by atoms with Gasteiger partial charge in [-0.25, -0.2) is 0 Å². The number of rotatable bonds is 9. The second-order valence-electron chi connectivity index (χ2n) is 8.31. The van der Waals surface area contributed by atoms with Crippen molar-refractivity contribution in [3.8, 4) is 17.1 Å². The second kappa shape index (κ2) is 10.7. The van der Waals surface area contributed by atoms with Crippen LogP contribution in [-0.2, 0) is 24.4 Å². The van der Waals surface area contributed by atoms with Crippen LogP contribution >= 0.6 is 0 Å². The number of ether oxygens (including phenoxy) is 1. The predicted molar refractivity (Wildman–Crippen MR) is 132 cm³/mol. The molecule has 3 aromatic carbocycles. The molecule has 1 aromatic heterocycles. The number of Topliss-reactive ketones (excluding diaryl/α,β-unsaturated/α-hetero) is 1. The molecule has 1 heterocycles. The molecule has 0 N–H and O–H groups in total. The van der Waals surface area contributed by atoms with E-state index in [9.17, 15) is 9.59 Å². The fourth-order valence-corrected chi connectivity index (χ4v) is 3.74. The van der Waals surface area contributed by atoms with Crippen molar-refractivity contribution in [2.45, 2.75) is 26.5 Å². The van der Waals surface area contributed by atoms with E-state index in [0.29, 0.717) is 25.1 Å². The molecule has 0 saturated heterocycles. The van der Waals surface area contributed by atoms with Crippen molar-refractivity contribution < 1.29 is 18.7 Å². The third kappa shape index (κ3) is 5.81. The first-order valence-corrected chi connectivity index (χ1v) is 11.2. The van der Waals surface area contributed by atoms with Gasteiger partial charge in [0, 0.05) is 36.7 Å². The van der Waals surface area contributed by atoms with Gasteiger partial charge in [0.2, 0.25) is 0 Å². The number of hydrogen-bond donors (Lipinski definition) is 0. The van der Waals surface area contributed by atoms with Crippen molar-refractivity contribution in [3.63, 3.8) is 0 Å². The van der Waals surface area contributed by atoms with Crippen molar-refractivity contribution in [3.05, 3.63) is 113 Å². The maximum atomic E-state index is 13.0. The minimum Gasteiger partial charge on any atom is -0.489 e. The summed E-state index contributed by atoms with van der Waals surface area (Å²) in [5.74, 6) is 1.59. The van der Waals surface area contributed by atoms with Gasteiger partial charge in [0.15, 0.2) is 0 Å². The molecule has 5 nitrogen and oxygen atoms in total. The van der Waals surface area contributed by atoms with Gasteiger partial charge in [-0.1, -0.05) is 54.6 Å². The molecule has 0 bridgehead atoms. The first-order valence-electron chi connectivity index (χ1n) is 11.2. The van der Waals surface area contributed by atoms with Gasteiger partial charge >= 0.3 is 0 Å². The van der Waals surface area contributed by atoms with Crippen LogP contribution in [0.4, 0.5) is 0 Å². The summed E-state index contributed by atoms with van der Waals surface area (Å²) in [4.78, 5) is 25.9. The summed E-state index contributed by atoms with van der Waals surface area (Å²) in [6.07, 6.45) is 2.07. The van der Waals surface area contributed by atoms with Crippen LogP contribution in [0.5, 0.6) is 5.75 Å². The number of carbonyl (C=O) groups is 2. The van der Waals surface area contributed by atoms with Crippen LogP contribution in [-0.4, -0.2) is 23.6 Å². The normalized spacial score (nSPS) is 10.6. The summed E-state index contributed by atoms with van der Waals surface area (Å²) in [5, 5.41) is 0. The summed E-state index contributed by atoms with van der Waals surface area (Å²) in [6.45, 7) is 2.42. The van der Waals surface area contributed by atoms with Crippen LogP contribution in [0, 0.1) is 0 Å². The SMILES string of the molecule is CC(=O)Cc1ccc(COc2ccccc2CN(C)C(=O)c2ccc(-c3ccco3)cc2)cc1. The zero-order valence-electron chi connectivity index (χ0n) is 19.4. The summed E-state index contributed by atoms with van der Waals surface area (Å²) in [5.41, 5.74) is 4.48. The Balaban J connectivity index is 1.39. The number of amides is 1. The summed E-state index contributed by atoms with van der Waals surface area (Å²) in [7, 11) is 1.79. The van der Waals surface area contributed by atoms with Crippen molar-refractivity contribution in [2.75, 3.05) is 7.05 Å². The average molecular weight is 454 g/mol. The molecule has 0 unspecified atom stereocenters. The van der Waals surface area contributed by atoms with E-state index in [4.69, 9.17) is 9.15 Å². The highest BCUT2D eigenvalue weighted by molar-refractivity contribution is 5.94. The molecule has 4 aromatic rings. The highest BCUT2D eigenvalue weighted by atomic mass is 16.5. The zero-order chi connectivity index (χ0) is 23.9. The highest BCUT2D eigenvalue weighted by Gasteiger charge is 2.15. The van der Waals surface area contributed by atoms with Gasteiger partial charge in [-0.15, -0.1) is 0 Å². The Kier molecular flexibility index (Phi) is 7.23. The van der Waals surface area contributed by atoms with Gasteiger partial charge in [0.1, 0.15) is 23.9 Å². The number of carbonyl (C=O) groups excluding carboxylic acids is 2. The Bertz CT molecular complexity index is 1240. The molecule has 0 radical (unpaired) electrons. The Hall–Kier alpha value is -4.12. The first-order chi connectivity index (χ1) is 16.5. The Morgan fingerprint density at radius 3 is 2.24 bits per heavy atom. The molecule has 0 atom stereocenters. The van der Waals surface area contributed by atoms with Crippen LogP contribution in [0.2, 0.25) is 0 Å². The average Bonchev–Trinajstić information content (AvgIpc) is 3.39. The van der Waals surface area contributed by atoms with Gasteiger partial charge < -0.3 is 14.1 Å². The van der Waals surface area contributed by atoms with E-state index in [1.165, 1.54) is 0 Å². The molecular formula is C29H27NO4. The fourth-order valence-electron chi connectivity index (χ4n) is 3.74. The number of hydrogen-bond acceptors (Lipinski definition) is 4. The molecule has 0 aliphatic heterocycles. The summed E-state index contributed by atoms with van der Waals surface area (Å²) in [6, 6.07) is 26.7.